The minimum absolute atomic E-state index is 0.0563. The number of nitrogens with one attached hydrogen (secondary N) is 1. The number of unbranched alkanes of at least 4 members (excludes halogenated alkanes) is 1. The number of ether oxygens (including phenoxy) is 1. The van der Waals surface area contributed by atoms with Crippen LogP contribution in [0.1, 0.15) is 32.6 Å². The topological polar surface area (TPSA) is 75.6 Å². The van der Waals surface area contributed by atoms with E-state index in [0.29, 0.717) is 19.8 Å². The van der Waals surface area contributed by atoms with Gasteiger partial charge in [0.2, 0.25) is 5.91 Å². The number of hydrogen-bond donors (Lipinski definition) is 2. The maximum Gasteiger partial charge on any atom is 0.303 e. The van der Waals surface area contributed by atoms with Crippen LogP contribution in [0.3, 0.4) is 0 Å². The molecule has 0 rings (SSSR count). The van der Waals surface area contributed by atoms with Crippen LogP contribution >= 0.6 is 0 Å². The second-order valence-corrected chi connectivity index (χ2v) is 3.15. The third-order valence-electron chi connectivity index (χ3n) is 1.81. The fourth-order valence-corrected chi connectivity index (χ4v) is 1.01. The molecule has 0 radical (unpaired) electrons. The molecular weight excluding hydrogens is 198 g/mol. The van der Waals surface area contributed by atoms with Crippen LogP contribution in [0.25, 0.3) is 0 Å². The number of amides is 1. The van der Waals surface area contributed by atoms with Gasteiger partial charge < -0.3 is 15.2 Å². The molecule has 2 N–H and O–H groups in total. The maximum absolute atomic E-state index is 11.0. The van der Waals surface area contributed by atoms with Gasteiger partial charge >= 0.3 is 5.97 Å². The Morgan fingerprint density at radius 1 is 1.27 bits per heavy atom. The average molecular weight is 217 g/mol. The standard InChI is InChI=1S/C10H19NO4/c1-2-15-8-4-3-7-11-9(12)5-6-10(13)14/h2-8H2,1H3,(H,11,12)(H,13,14). The van der Waals surface area contributed by atoms with Crippen LogP contribution < -0.4 is 5.32 Å². The summed E-state index contributed by atoms with van der Waals surface area (Å²) in [6.45, 7) is 3.95. The molecule has 0 aliphatic rings. The largest absolute Gasteiger partial charge is 0.481 e. The highest BCUT2D eigenvalue weighted by Gasteiger charge is 2.03. The second kappa shape index (κ2) is 9.45. The van der Waals surface area contributed by atoms with Gasteiger partial charge in [0.05, 0.1) is 6.42 Å². The number of carbonyl (C=O) groups is 2. The van der Waals surface area contributed by atoms with E-state index >= 15 is 0 Å². The lowest BCUT2D eigenvalue weighted by Gasteiger charge is -2.04. The van der Waals surface area contributed by atoms with Crippen LogP contribution in [0.4, 0.5) is 0 Å². The van der Waals surface area contributed by atoms with Crippen molar-refractivity contribution < 1.29 is 19.4 Å². The van der Waals surface area contributed by atoms with Crippen LogP contribution in [0.15, 0.2) is 0 Å². The van der Waals surface area contributed by atoms with Crippen molar-refractivity contribution in [2.75, 3.05) is 19.8 Å². The molecule has 0 bridgehead atoms. The maximum atomic E-state index is 11.0. The van der Waals surface area contributed by atoms with Gasteiger partial charge in [-0.2, -0.15) is 0 Å². The predicted molar refractivity (Wildman–Crippen MR) is 55.6 cm³/mol. The Kier molecular flexibility index (Phi) is 8.76. The lowest BCUT2D eigenvalue weighted by atomic mass is 10.3. The summed E-state index contributed by atoms with van der Waals surface area (Å²) in [5.41, 5.74) is 0. The van der Waals surface area contributed by atoms with Gasteiger partial charge in [-0.3, -0.25) is 9.59 Å². The minimum atomic E-state index is -0.943. The van der Waals surface area contributed by atoms with Crippen LogP contribution in [0, 0.1) is 0 Å². The zero-order chi connectivity index (χ0) is 11.5. The van der Waals surface area contributed by atoms with E-state index in [1.165, 1.54) is 0 Å². The predicted octanol–water partition coefficient (Wildman–Crippen LogP) is 0.784. The van der Waals surface area contributed by atoms with Gasteiger partial charge in [-0.15, -0.1) is 0 Å². The van der Waals surface area contributed by atoms with Gasteiger partial charge in [0.25, 0.3) is 0 Å². The minimum Gasteiger partial charge on any atom is -0.481 e. The van der Waals surface area contributed by atoms with Crippen LogP contribution in [0.2, 0.25) is 0 Å². The summed E-state index contributed by atoms with van der Waals surface area (Å²) in [4.78, 5) is 21.2. The van der Waals surface area contributed by atoms with Gasteiger partial charge in [0.15, 0.2) is 0 Å². The number of aliphatic carboxylic acids is 1. The van der Waals surface area contributed by atoms with E-state index in [0.717, 1.165) is 12.8 Å². The first kappa shape index (κ1) is 13.9. The molecule has 0 fully saturated rings. The molecule has 0 unspecified atom stereocenters. The van der Waals surface area contributed by atoms with E-state index in [-0.39, 0.29) is 18.7 Å². The van der Waals surface area contributed by atoms with Crippen molar-refractivity contribution in [3.05, 3.63) is 0 Å². The Hall–Kier alpha value is -1.10. The monoisotopic (exact) mass is 217 g/mol. The highest BCUT2D eigenvalue weighted by atomic mass is 16.5. The molecule has 5 nitrogen and oxygen atoms in total. The molecular formula is C10H19NO4. The highest BCUT2D eigenvalue weighted by Crippen LogP contribution is 1.91. The van der Waals surface area contributed by atoms with Crippen LogP contribution in [-0.4, -0.2) is 36.7 Å². The summed E-state index contributed by atoms with van der Waals surface area (Å²) in [5.74, 6) is -1.14. The van der Waals surface area contributed by atoms with Crippen molar-refractivity contribution in [2.45, 2.75) is 32.6 Å². The fourth-order valence-electron chi connectivity index (χ4n) is 1.01. The van der Waals surface area contributed by atoms with Gasteiger partial charge in [-0.1, -0.05) is 0 Å². The van der Waals surface area contributed by atoms with E-state index in [2.05, 4.69) is 5.32 Å². The van der Waals surface area contributed by atoms with Crippen molar-refractivity contribution in [1.82, 2.24) is 5.32 Å². The summed E-state index contributed by atoms with van der Waals surface area (Å²) < 4.78 is 5.13. The summed E-state index contributed by atoms with van der Waals surface area (Å²) >= 11 is 0. The van der Waals surface area contributed by atoms with E-state index in [1.807, 2.05) is 6.92 Å². The lowest BCUT2D eigenvalue weighted by Crippen LogP contribution is -2.25. The number of rotatable bonds is 9. The Morgan fingerprint density at radius 3 is 2.60 bits per heavy atom. The smallest absolute Gasteiger partial charge is 0.303 e. The SMILES string of the molecule is CCOCCCCNC(=O)CCC(=O)O. The van der Waals surface area contributed by atoms with Crippen molar-refractivity contribution in [3.8, 4) is 0 Å². The summed E-state index contributed by atoms with van der Waals surface area (Å²) in [6, 6.07) is 0. The zero-order valence-electron chi connectivity index (χ0n) is 9.12. The quantitative estimate of drug-likeness (QED) is 0.560. The second-order valence-electron chi connectivity index (χ2n) is 3.15. The first-order chi connectivity index (χ1) is 7.16. The Bertz CT molecular complexity index is 194. The van der Waals surface area contributed by atoms with Crippen molar-refractivity contribution in [3.63, 3.8) is 0 Å². The van der Waals surface area contributed by atoms with Gasteiger partial charge in [0.1, 0.15) is 0 Å². The Labute approximate surface area is 89.8 Å². The number of carboxylic acid groups (broad SMARTS) is 1. The molecule has 5 heteroatoms. The Morgan fingerprint density at radius 2 is 2.00 bits per heavy atom. The molecule has 88 valence electrons. The first-order valence-electron chi connectivity index (χ1n) is 5.23. The van der Waals surface area contributed by atoms with E-state index in [1.54, 1.807) is 0 Å². The lowest BCUT2D eigenvalue weighted by molar-refractivity contribution is -0.138. The molecule has 0 atom stereocenters. The normalized spacial score (nSPS) is 9.93. The molecule has 0 heterocycles. The van der Waals surface area contributed by atoms with Gasteiger partial charge in [0, 0.05) is 26.2 Å². The number of hydrogen-bond acceptors (Lipinski definition) is 3. The van der Waals surface area contributed by atoms with Gasteiger partial charge in [-0.05, 0) is 19.8 Å². The fraction of sp³-hybridized carbons (Fsp3) is 0.800. The summed E-state index contributed by atoms with van der Waals surface area (Å²) in [6.07, 6.45) is 1.72. The van der Waals surface area contributed by atoms with E-state index < -0.39 is 5.97 Å². The molecule has 0 aliphatic heterocycles. The average Bonchev–Trinajstić information content (AvgIpc) is 2.20. The first-order valence-corrected chi connectivity index (χ1v) is 5.23. The number of carbonyl (C=O) groups excluding carboxylic acids is 1. The molecule has 0 aromatic heterocycles. The molecule has 0 saturated carbocycles. The molecule has 0 aliphatic carbocycles. The van der Waals surface area contributed by atoms with E-state index in [4.69, 9.17) is 9.84 Å². The summed E-state index contributed by atoms with van der Waals surface area (Å²) in [7, 11) is 0. The van der Waals surface area contributed by atoms with Crippen LogP contribution in [0.5, 0.6) is 0 Å². The van der Waals surface area contributed by atoms with Gasteiger partial charge in [-0.25, -0.2) is 0 Å². The molecule has 0 saturated heterocycles. The third kappa shape index (κ3) is 10.8. The van der Waals surface area contributed by atoms with Crippen molar-refractivity contribution in [1.29, 1.82) is 0 Å². The number of carboxylic acids is 1. The Balaban J connectivity index is 3.20. The van der Waals surface area contributed by atoms with Crippen LogP contribution in [-0.2, 0) is 14.3 Å². The molecule has 0 aromatic rings. The van der Waals surface area contributed by atoms with Crippen molar-refractivity contribution >= 4 is 11.9 Å². The molecule has 0 spiro atoms. The summed E-state index contributed by atoms with van der Waals surface area (Å²) in [5, 5.41) is 11.0. The highest BCUT2D eigenvalue weighted by molar-refractivity contribution is 5.80. The molecule has 0 aromatic carbocycles. The third-order valence-corrected chi connectivity index (χ3v) is 1.81. The van der Waals surface area contributed by atoms with E-state index in [9.17, 15) is 9.59 Å². The molecule has 15 heavy (non-hydrogen) atoms. The van der Waals surface area contributed by atoms with Crippen molar-refractivity contribution in [2.24, 2.45) is 0 Å². The zero-order valence-corrected chi connectivity index (χ0v) is 9.12. The molecule has 1 amide bonds.